The molecule has 1 atom stereocenters. The van der Waals surface area contributed by atoms with Gasteiger partial charge in [-0.3, -0.25) is 0 Å². The van der Waals surface area contributed by atoms with Crippen molar-refractivity contribution >= 4 is 28.0 Å². The Labute approximate surface area is 178 Å². The molecule has 0 N–H and O–H groups in total. The number of halogens is 3. The Kier molecular flexibility index (Phi) is 7.96. The van der Waals surface area contributed by atoms with Crippen molar-refractivity contribution in [3.8, 4) is 11.6 Å². The van der Waals surface area contributed by atoms with E-state index in [0.717, 1.165) is 24.8 Å². The minimum Gasteiger partial charge on any atom is -0.490 e. The SMILES string of the molecule is CCN(C)C=Nc1cc(Br)c(OC(C)COc2cccc(C(C)(F)F)c2)nc1C. The van der Waals surface area contributed by atoms with Crippen molar-refractivity contribution in [2.24, 2.45) is 4.99 Å². The van der Waals surface area contributed by atoms with Gasteiger partial charge in [0.05, 0.1) is 22.2 Å². The Bertz CT molecular complexity index is 856. The van der Waals surface area contributed by atoms with Crippen LogP contribution in [-0.2, 0) is 5.92 Å². The molecule has 29 heavy (non-hydrogen) atoms. The lowest BCUT2D eigenvalue weighted by atomic mass is 10.1. The largest absolute Gasteiger partial charge is 0.490 e. The predicted octanol–water partition coefficient (Wildman–Crippen LogP) is 5.72. The van der Waals surface area contributed by atoms with Crippen molar-refractivity contribution in [1.29, 1.82) is 0 Å². The zero-order valence-electron chi connectivity index (χ0n) is 17.2. The van der Waals surface area contributed by atoms with E-state index in [1.54, 1.807) is 18.5 Å². The minimum atomic E-state index is -2.91. The van der Waals surface area contributed by atoms with Crippen LogP contribution in [-0.4, -0.2) is 42.5 Å². The smallest absolute Gasteiger partial charge is 0.270 e. The van der Waals surface area contributed by atoms with Crippen LogP contribution in [0.3, 0.4) is 0 Å². The first-order valence-electron chi connectivity index (χ1n) is 9.29. The monoisotopic (exact) mass is 469 g/mol. The molecular formula is C21H26BrF2N3O2. The summed E-state index contributed by atoms with van der Waals surface area (Å²) in [6.07, 6.45) is 1.41. The Morgan fingerprint density at radius 3 is 2.72 bits per heavy atom. The van der Waals surface area contributed by atoms with E-state index < -0.39 is 5.92 Å². The number of aryl methyl sites for hydroxylation is 1. The van der Waals surface area contributed by atoms with Crippen molar-refractivity contribution in [2.75, 3.05) is 20.2 Å². The third-order valence-electron chi connectivity index (χ3n) is 4.14. The molecule has 2 aromatic rings. The van der Waals surface area contributed by atoms with Gasteiger partial charge in [-0.05, 0) is 54.9 Å². The van der Waals surface area contributed by atoms with Crippen molar-refractivity contribution in [3.05, 3.63) is 46.1 Å². The van der Waals surface area contributed by atoms with Crippen LogP contribution in [0.4, 0.5) is 14.5 Å². The predicted molar refractivity (Wildman–Crippen MR) is 115 cm³/mol. The fraction of sp³-hybridized carbons (Fsp3) is 0.429. The highest BCUT2D eigenvalue weighted by molar-refractivity contribution is 9.10. The highest BCUT2D eigenvalue weighted by Gasteiger charge is 2.24. The zero-order chi connectivity index (χ0) is 21.6. The molecule has 0 fully saturated rings. The maximum atomic E-state index is 13.4. The number of aliphatic imine (C=N–C) groups is 1. The molecule has 0 radical (unpaired) electrons. The van der Waals surface area contributed by atoms with Gasteiger partial charge in [0.25, 0.3) is 5.92 Å². The van der Waals surface area contributed by atoms with Crippen molar-refractivity contribution in [1.82, 2.24) is 9.88 Å². The van der Waals surface area contributed by atoms with E-state index in [4.69, 9.17) is 9.47 Å². The number of aromatic nitrogens is 1. The molecular weight excluding hydrogens is 444 g/mol. The van der Waals surface area contributed by atoms with Gasteiger partial charge in [0.15, 0.2) is 0 Å². The molecule has 1 unspecified atom stereocenters. The molecule has 5 nitrogen and oxygen atoms in total. The van der Waals surface area contributed by atoms with Crippen LogP contribution in [0.5, 0.6) is 11.6 Å². The van der Waals surface area contributed by atoms with Crippen LogP contribution >= 0.6 is 15.9 Å². The molecule has 0 saturated heterocycles. The molecule has 1 heterocycles. The van der Waals surface area contributed by atoms with Gasteiger partial charge in [-0.2, -0.15) is 0 Å². The maximum absolute atomic E-state index is 13.4. The second-order valence-corrected chi connectivity index (χ2v) is 7.71. The zero-order valence-corrected chi connectivity index (χ0v) is 18.8. The van der Waals surface area contributed by atoms with Gasteiger partial charge in [-0.25, -0.2) is 18.8 Å². The highest BCUT2D eigenvalue weighted by atomic mass is 79.9. The molecule has 8 heteroatoms. The summed E-state index contributed by atoms with van der Waals surface area (Å²) in [4.78, 5) is 10.8. The summed E-state index contributed by atoms with van der Waals surface area (Å²) < 4.78 is 39.0. The first-order valence-corrected chi connectivity index (χ1v) is 10.1. The third-order valence-corrected chi connectivity index (χ3v) is 4.71. The Hall–Kier alpha value is -2.22. The number of hydrogen-bond donors (Lipinski definition) is 0. The summed E-state index contributed by atoms with van der Waals surface area (Å²) in [6, 6.07) is 7.74. The normalized spacial score (nSPS) is 12.8. The Morgan fingerprint density at radius 1 is 1.34 bits per heavy atom. The molecule has 2 rings (SSSR count). The second kappa shape index (κ2) is 10.0. The van der Waals surface area contributed by atoms with Gasteiger partial charge in [-0.15, -0.1) is 0 Å². The molecule has 0 saturated carbocycles. The van der Waals surface area contributed by atoms with E-state index in [-0.39, 0.29) is 18.3 Å². The molecule has 1 aromatic heterocycles. The van der Waals surface area contributed by atoms with E-state index in [1.165, 1.54) is 12.1 Å². The number of pyridine rings is 1. The average Bonchev–Trinajstić information content (AvgIpc) is 2.67. The number of benzene rings is 1. The fourth-order valence-corrected chi connectivity index (χ4v) is 2.70. The van der Waals surface area contributed by atoms with Gasteiger partial charge in [0.2, 0.25) is 5.88 Å². The summed E-state index contributed by atoms with van der Waals surface area (Å²) in [7, 11) is 1.94. The fourth-order valence-electron chi connectivity index (χ4n) is 2.30. The van der Waals surface area contributed by atoms with Crippen molar-refractivity contribution in [2.45, 2.75) is 39.7 Å². The molecule has 1 aromatic carbocycles. The van der Waals surface area contributed by atoms with Crippen LogP contribution in [0.1, 0.15) is 32.0 Å². The van der Waals surface area contributed by atoms with Crippen LogP contribution in [0.15, 0.2) is 39.8 Å². The maximum Gasteiger partial charge on any atom is 0.270 e. The number of alkyl halides is 2. The second-order valence-electron chi connectivity index (χ2n) is 6.85. The quantitative estimate of drug-likeness (QED) is 0.347. The van der Waals surface area contributed by atoms with E-state index in [1.807, 2.05) is 38.8 Å². The van der Waals surface area contributed by atoms with Gasteiger partial charge in [-0.1, -0.05) is 12.1 Å². The molecule has 0 aliphatic rings. The number of ether oxygens (including phenoxy) is 2. The molecule has 0 aliphatic carbocycles. The van der Waals surface area contributed by atoms with Gasteiger partial charge < -0.3 is 14.4 Å². The molecule has 158 valence electrons. The van der Waals surface area contributed by atoms with Gasteiger partial charge in [0, 0.05) is 26.1 Å². The molecule has 0 spiro atoms. The average molecular weight is 470 g/mol. The van der Waals surface area contributed by atoms with E-state index >= 15 is 0 Å². The number of hydrogen-bond acceptors (Lipinski definition) is 4. The van der Waals surface area contributed by atoms with Crippen molar-refractivity contribution < 1.29 is 18.3 Å². The van der Waals surface area contributed by atoms with Crippen LogP contribution < -0.4 is 9.47 Å². The minimum absolute atomic E-state index is 0.0894. The summed E-state index contributed by atoms with van der Waals surface area (Å²) in [5.74, 6) is -2.12. The summed E-state index contributed by atoms with van der Waals surface area (Å²) in [5.41, 5.74) is 1.38. The van der Waals surface area contributed by atoms with Crippen molar-refractivity contribution in [3.63, 3.8) is 0 Å². The van der Waals surface area contributed by atoms with E-state index in [2.05, 4.69) is 25.9 Å². The lowest BCUT2D eigenvalue weighted by Crippen LogP contribution is -2.22. The molecule has 0 bridgehead atoms. The number of rotatable bonds is 9. The Morgan fingerprint density at radius 2 is 2.07 bits per heavy atom. The Balaban J connectivity index is 2.01. The number of nitrogens with zero attached hydrogens (tertiary/aromatic N) is 3. The van der Waals surface area contributed by atoms with Crippen LogP contribution in [0.2, 0.25) is 0 Å². The third kappa shape index (κ3) is 6.96. The van der Waals surface area contributed by atoms with E-state index in [0.29, 0.717) is 16.1 Å². The molecule has 0 aliphatic heterocycles. The summed E-state index contributed by atoms with van der Waals surface area (Å²) >= 11 is 3.46. The summed E-state index contributed by atoms with van der Waals surface area (Å²) in [6.45, 7) is 7.62. The highest BCUT2D eigenvalue weighted by Crippen LogP contribution is 2.31. The lowest BCUT2D eigenvalue weighted by molar-refractivity contribution is 0.0171. The lowest BCUT2D eigenvalue weighted by Gasteiger charge is -2.18. The van der Waals surface area contributed by atoms with Gasteiger partial charge in [0.1, 0.15) is 18.5 Å². The van der Waals surface area contributed by atoms with Gasteiger partial charge >= 0.3 is 0 Å². The van der Waals surface area contributed by atoms with Crippen LogP contribution in [0, 0.1) is 6.92 Å². The van der Waals surface area contributed by atoms with Crippen LogP contribution in [0.25, 0.3) is 0 Å². The molecule has 0 amide bonds. The first kappa shape index (κ1) is 23.1. The summed E-state index contributed by atoms with van der Waals surface area (Å²) in [5, 5.41) is 0. The first-order chi connectivity index (χ1) is 13.6. The van der Waals surface area contributed by atoms with E-state index in [9.17, 15) is 8.78 Å². The standard InChI is InChI=1S/C21H26BrF2N3O2/c1-6-27(5)13-25-19-11-18(22)20(26-15(19)3)29-14(2)12-28-17-9-7-8-16(10-17)21(4,23)24/h7-11,13-14H,6,12H2,1-5H3. The topological polar surface area (TPSA) is 47.0 Å².